The van der Waals surface area contributed by atoms with Gasteiger partial charge in [-0.05, 0) is 42.6 Å². The lowest BCUT2D eigenvalue weighted by molar-refractivity contribution is -0.155. The number of benzene rings is 1. The summed E-state index contributed by atoms with van der Waals surface area (Å²) in [6.07, 6.45) is 1.33. The molecule has 4 unspecified atom stereocenters. The SMILES string of the molecule is CCC(C)[C@@H](C(=O)O)N(CCc1ccccc1)C(=O)C(CC(O)C(N)CC(C)C)C(C)C. The van der Waals surface area contributed by atoms with Crippen molar-refractivity contribution >= 4 is 11.9 Å². The standard InChI is InChI=1S/C26H44N2O4/c1-7-19(6)24(26(31)32)28(14-13-20-11-9-8-10-12-20)25(30)21(18(4)5)16-23(29)22(27)15-17(2)3/h8-12,17-19,21-24,29H,7,13-16,27H2,1-6H3,(H,31,32)/t19?,21?,22?,23?,24-/m0/s1. The van der Waals surface area contributed by atoms with Gasteiger partial charge in [0, 0.05) is 18.5 Å². The molecule has 0 aromatic heterocycles. The summed E-state index contributed by atoms with van der Waals surface area (Å²) in [5.74, 6) is -1.58. The van der Waals surface area contributed by atoms with Gasteiger partial charge in [0.05, 0.1) is 6.10 Å². The molecule has 32 heavy (non-hydrogen) atoms. The number of hydrogen-bond acceptors (Lipinski definition) is 4. The molecule has 0 aliphatic heterocycles. The number of carboxylic acid groups (broad SMARTS) is 1. The smallest absolute Gasteiger partial charge is 0.326 e. The maximum atomic E-state index is 13.8. The van der Waals surface area contributed by atoms with Crippen LogP contribution in [-0.4, -0.2) is 51.7 Å². The predicted molar refractivity (Wildman–Crippen MR) is 129 cm³/mol. The van der Waals surface area contributed by atoms with E-state index in [0.29, 0.717) is 31.7 Å². The minimum atomic E-state index is -0.986. The van der Waals surface area contributed by atoms with Crippen LogP contribution in [0.4, 0.5) is 0 Å². The molecule has 1 aromatic rings. The summed E-state index contributed by atoms with van der Waals surface area (Å²) in [6, 6.07) is 8.46. The van der Waals surface area contributed by atoms with Gasteiger partial charge < -0.3 is 20.8 Å². The van der Waals surface area contributed by atoms with Crippen molar-refractivity contribution in [1.82, 2.24) is 4.90 Å². The lowest BCUT2D eigenvalue weighted by Gasteiger charge is -2.37. The van der Waals surface area contributed by atoms with Gasteiger partial charge >= 0.3 is 5.97 Å². The summed E-state index contributed by atoms with van der Waals surface area (Å²) < 4.78 is 0. The molecule has 182 valence electrons. The molecule has 0 saturated carbocycles. The number of aliphatic hydroxyl groups is 1. The zero-order valence-electron chi connectivity index (χ0n) is 20.7. The highest BCUT2D eigenvalue weighted by Gasteiger charge is 2.38. The van der Waals surface area contributed by atoms with Crippen molar-refractivity contribution < 1.29 is 19.8 Å². The second-order valence-electron chi connectivity index (χ2n) is 9.88. The molecule has 1 rings (SSSR count). The first-order valence-corrected chi connectivity index (χ1v) is 12.0. The van der Waals surface area contributed by atoms with E-state index in [1.165, 1.54) is 4.90 Å². The molecule has 4 N–H and O–H groups in total. The lowest BCUT2D eigenvalue weighted by atomic mass is 9.84. The molecule has 0 aliphatic carbocycles. The molecule has 5 atom stereocenters. The average Bonchev–Trinajstić information content (AvgIpc) is 2.73. The average molecular weight is 449 g/mol. The maximum absolute atomic E-state index is 13.8. The monoisotopic (exact) mass is 448 g/mol. The molecule has 6 nitrogen and oxygen atoms in total. The minimum absolute atomic E-state index is 0.0472. The first kappa shape index (κ1) is 28.1. The number of carbonyl (C=O) groups is 2. The quantitative estimate of drug-likeness (QED) is 0.400. The fraction of sp³-hybridized carbons (Fsp3) is 0.692. The maximum Gasteiger partial charge on any atom is 0.326 e. The number of rotatable bonds is 14. The molecule has 0 radical (unpaired) electrons. The van der Waals surface area contributed by atoms with E-state index in [1.54, 1.807) is 0 Å². The zero-order valence-corrected chi connectivity index (χ0v) is 20.7. The molecule has 0 spiro atoms. The molecule has 0 aliphatic rings. The van der Waals surface area contributed by atoms with E-state index in [9.17, 15) is 19.8 Å². The van der Waals surface area contributed by atoms with Gasteiger partial charge in [0.15, 0.2) is 0 Å². The lowest BCUT2D eigenvalue weighted by Crippen LogP contribution is -2.53. The van der Waals surface area contributed by atoms with Crippen LogP contribution >= 0.6 is 0 Å². The highest BCUT2D eigenvalue weighted by molar-refractivity contribution is 5.85. The first-order valence-electron chi connectivity index (χ1n) is 12.0. The van der Waals surface area contributed by atoms with Crippen molar-refractivity contribution in [3.8, 4) is 0 Å². The zero-order chi connectivity index (χ0) is 24.4. The summed E-state index contributed by atoms with van der Waals surface area (Å²) >= 11 is 0. The van der Waals surface area contributed by atoms with Gasteiger partial charge in [-0.3, -0.25) is 4.79 Å². The van der Waals surface area contributed by atoms with Crippen LogP contribution in [0.15, 0.2) is 30.3 Å². The third kappa shape index (κ3) is 8.55. The first-order chi connectivity index (χ1) is 15.0. The fourth-order valence-electron chi connectivity index (χ4n) is 4.20. The van der Waals surface area contributed by atoms with Crippen molar-refractivity contribution in [3.63, 3.8) is 0 Å². The molecular weight excluding hydrogens is 404 g/mol. The second kappa shape index (κ2) is 13.6. The highest BCUT2D eigenvalue weighted by atomic mass is 16.4. The Morgan fingerprint density at radius 1 is 1.03 bits per heavy atom. The van der Waals surface area contributed by atoms with Gasteiger partial charge in [0.2, 0.25) is 5.91 Å². The van der Waals surface area contributed by atoms with Crippen LogP contribution in [0, 0.1) is 23.7 Å². The molecule has 6 heteroatoms. The summed E-state index contributed by atoms with van der Waals surface area (Å²) in [7, 11) is 0. The van der Waals surface area contributed by atoms with E-state index >= 15 is 0 Å². The largest absolute Gasteiger partial charge is 0.480 e. The Balaban J connectivity index is 3.18. The summed E-state index contributed by atoms with van der Waals surface area (Å²) in [4.78, 5) is 27.5. The summed E-state index contributed by atoms with van der Waals surface area (Å²) in [5, 5.41) is 20.7. The van der Waals surface area contributed by atoms with E-state index in [0.717, 1.165) is 5.56 Å². The number of amides is 1. The van der Waals surface area contributed by atoms with Crippen LogP contribution in [0.2, 0.25) is 0 Å². The molecular formula is C26H44N2O4. The molecule has 1 amide bonds. The van der Waals surface area contributed by atoms with Gasteiger partial charge in [-0.25, -0.2) is 4.79 Å². The number of nitrogens with zero attached hydrogens (tertiary/aromatic N) is 1. The van der Waals surface area contributed by atoms with Gasteiger partial charge in [-0.2, -0.15) is 0 Å². The molecule has 0 saturated heterocycles. The predicted octanol–water partition coefficient (Wildman–Crippen LogP) is 3.95. The normalized spacial score (nSPS) is 16.4. The van der Waals surface area contributed by atoms with Crippen LogP contribution < -0.4 is 5.73 Å². The van der Waals surface area contributed by atoms with E-state index in [4.69, 9.17) is 5.73 Å². The van der Waals surface area contributed by atoms with E-state index in [1.807, 2.05) is 71.9 Å². The second-order valence-corrected chi connectivity index (χ2v) is 9.88. The van der Waals surface area contributed by atoms with Crippen molar-refractivity contribution in [2.24, 2.45) is 29.4 Å². The fourth-order valence-corrected chi connectivity index (χ4v) is 4.20. The van der Waals surface area contributed by atoms with Crippen molar-refractivity contribution in [2.75, 3.05) is 6.54 Å². The number of aliphatic hydroxyl groups excluding tert-OH is 1. The van der Waals surface area contributed by atoms with Gasteiger partial charge in [0.25, 0.3) is 0 Å². The van der Waals surface area contributed by atoms with Crippen molar-refractivity contribution in [3.05, 3.63) is 35.9 Å². The van der Waals surface area contributed by atoms with Crippen molar-refractivity contribution in [1.29, 1.82) is 0 Å². The number of carboxylic acids is 1. The minimum Gasteiger partial charge on any atom is -0.480 e. The molecule has 1 aromatic carbocycles. The molecule has 0 fully saturated rings. The highest BCUT2D eigenvalue weighted by Crippen LogP contribution is 2.26. The third-order valence-electron chi connectivity index (χ3n) is 6.39. The topological polar surface area (TPSA) is 104 Å². The Labute approximate surface area is 194 Å². The van der Waals surface area contributed by atoms with Gasteiger partial charge in [0.1, 0.15) is 6.04 Å². The summed E-state index contributed by atoms with van der Waals surface area (Å²) in [6.45, 7) is 12.1. The molecule has 0 bridgehead atoms. The number of aliphatic carboxylic acids is 1. The van der Waals surface area contributed by atoms with E-state index in [-0.39, 0.29) is 24.2 Å². The Bertz CT molecular complexity index is 692. The van der Waals surface area contributed by atoms with Crippen LogP contribution in [0.25, 0.3) is 0 Å². The van der Waals surface area contributed by atoms with Gasteiger partial charge in [-0.15, -0.1) is 0 Å². The van der Waals surface area contributed by atoms with E-state index in [2.05, 4.69) is 0 Å². The van der Waals surface area contributed by atoms with Crippen LogP contribution in [0.5, 0.6) is 0 Å². The Morgan fingerprint density at radius 3 is 2.09 bits per heavy atom. The van der Waals surface area contributed by atoms with E-state index < -0.39 is 30.1 Å². The Morgan fingerprint density at radius 2 is 1.62 bits per heavy atom. The summed E-state index contributed by atoms with van der Waals surface area (Å²) in [5.41, 5.74) is 7.24. The van der Waals surface area contributed by atoms with Crippen molar-refractivity contribution in [2.45, 2.75) is 85.4 Å². The Hall–Kier alpha value is -1.92. The van der Waals surface area contributed by atoms with Crippen LogP contribution in [0.1, 0.15) is 66.4 Å². The Kier molecular flexibility index (Phi) is 11.9. The number of nitrogens with two attached hydrogens (primary N) is 1. The molecule has 0 heterocycles. The number of hydrogen-bond donors (Lipinski definition) is 3. The third-order valence-corrected chi connectivity index (χ3v) is 6.39. The van der Waals surface area contributed by atoms with Gasteiger partial charge in [-0.1, -0.05) is 78.3 Å². The van der Waals surface area contributed by atoms with Crippen LogP contribution in [-0.2, 0) is 16.0 Å². The van der Waals surface area contributed by atoms with Crippen LogP contribution in [0.3, 0.4) is 0 Å². The number of carbonyl (C=O) groups excluding carboxylic acids is 1.